The number of aromatic nitrogens is 1. The number of anilines is 1. The van der Waals surface area contributed by atoms with Crippen LogP contribution in [0, 0.1) is 6.92 Å². The average molecular weight is 514 g/mol. The molecule has 0 saturated carbocycles. The zero-order valence-electron chi connectivity index (χ0n) is 18.4. The first-order valence-corrected chi connectivity index (χ1v) is 14.0. The summed E-state index contributed by atoms with van der Waals surface area (Å²) in [7, 11) is -3.91. The molecule has 180 valence electrons. The van der Waals surface area contributed by atoms with E-state index in [0.717, 1.165) is 5.56 Å². The van der Waals surface area contributed by atoms with E-state index < -0.39 is 27.9 Å². The highest BCUT2D eigenvalue weighted by molar-refractivity contribution is 7.98. The van der Waals surface area contributed by atoms with Gasteiger partial charge in [0.2, 0.25) is 10.0 Å². The summed E-state index contributed by atoms with van der Waals surface area (Å²) < 4.78 is 33.2. The van der Waals surface area contributed by atoms with Crippen molar-refractivity contribution in [3.05, 3.63) is 40.9 Å². The van der Waals surface area contributed by atoms with Crippen molar-refractivity contribution in [2.24, 2.45) is 0 Å². The number of benzene rings is 1. The van der Waals surface area contributed by atoms with Gasteiger partial charge in [0, 0.05) is 18.5 Å². The van der Waals surface area contributed by atoms with Gasteiger partial charge in [0.15, 0.2) is 5.13 Å². The third kappa shape index (κ3) is 7.14. The number of sulfonamides is 1. The standard InChI is InChI=1S/C20H27N5O5S3/c1-14-3-5-15(6-4-14)33(28,29)24-16(7-12-31-2)18(26)22-23-19(27)17-13-32-20(21-17)25-8-10-30-11-9-25/h3-6,13,16,24H,7-12H2,1-2H3,(H,22,26)(H,23,27)/t16-/m1/s1. The molecule has 3 rings (SSSR count). The summed E-state index contributed by atoms with van der Waals surface area (Å²) in [5, 5.41) is 2.32. The Kier molecular flexibility index (Phi) is 9.09. The predicted molar refractivity (Wildman–Crippen MR) is 129 cm³/mol. The molecule has 2 aromatic rings. The number of hydrazine groups is 1. The van der Waals surface area contributed by atoms with Crippen LogP contribution in [0.5, 0.6) is 0 Å². The van der Waals surface area contributed by atoms with Gasteiger partial charge in [-0.2, -0.15) is 16.5 Å². The molecule has 1 aliphatic rings. The molecule has 2 amide bonds. The molecule has 1 aliphatic heterocycles. The van der Waals surface area contributed by atoms with Crippen molar-refractivity contribution in [1.82, 2.24) is 20.6 Å². The number of rotatable bonds is 9. The van der Waals surface area contributed by atoms with Gasteiger partial charge >= 0.3 is 0 Å². The first-order valence-electron chi connectivity index (χ1n) is 10.3. The highest BCUT2D eigenvalue weighted by atomic mass is 32.2. The lowest BCUT2D eigenvalue weighted by Crippen LogP contribution is -2.52. The van der Waals surface area contributed by atoms with E-state index in [4.69, 9.17) is 4.74 Å². The molecule has 1 saturated heterocycles. The SMILES string of the molecule is CSCC[C@@H](NS(=O)(=O)c1ccc(C)cc1)C(=O)NNC(=O)c1csc(N2CCOCC2)n1. The predicted octanol–water partition coefficient (Wildman–Crippen LogP) is 1.15. The zero-order valence-corrected chi connectivity index (χ0v) is 20.8. The summed E-state index contributed by atoms with van der Waals surface area (Å²) in [6.07, 6.45) is 2.12. The Bertz CT molecular complexity index is 1050. The van der Waals surface area contributed by atoms with E-state index in [1.807, 2.05) is 18.1 Å². The first-order chi connectivity index (χ1) is 15.8. The number of amides is 2. The van der Waals surface area contributed by atoms with E-state index in [0.29, 0.717) is 37.2 Å². The van der Waals surface area contributed by atoms with E-state index in [2.05, 4.69) is 20.6 Å². The summed E-state index contributed by atoms with van der Waals surface area (Å²) in [5.74, 6) is -0.682. The van der Waals surface area contributed by atoms with Crippen LogP contribution in [0.4, 0.5) is 5.13 Å². The van der Waals surface area contributed by atoms with Crippen molar-refractivity contribution < 1.29 is 22.7 Å². The van der Waals surface area contributed by atoms with Crippen molar-refractivity contribution in [3.63, 3.8) is 0 Å². The Morgan fingerprint density at radius 2 is 1.91 bits per heavy atom. The van der Waals surface area contributed by atoms with Gasteiger partial charge in [-0.3, -0.25) is 20.4 Å². The monoisotopic (exact) mass is 513 g/mol. The summed E-state index contributed by atoms with van der Waals surface area (Å²) >= 11 is 2.82. The Balaban J connectivity index is 1.60. The summed E-state index contributed by atoms with van der Waals surface area (Å²) in [4.78, 5) is 31.6. The Labute approximate surface area is 201 Å². The molecule has 0 spiro atoms. The first kappa shape index (κ1) is 25.4. The normalized spacial score (nSPS) is 15.2. The lowest BCUT2D eigenvalue weighted by Gasteiger charge is -2.25. The number of carbonyl (C=O) groups excluding carboxylic acids is 2. The van der Waals surface area contributed by atoms with Crippen LogP contribution in [0.2, 0.25) is 0 Å². The number of thiazole rings is 1. The molecule has 0 bridgehead atoms. The van der Waals surface area contributed by atoms with E-state index in [1.54, 1.807) is 17.5 Å². The molecule has 1 atom stereocenters. The Morgan fingerprint density at radius 3 is 2.58 bits per heavy atom. The second-order valence-electron chi connectivity index (χ2n) is 7.33. The number of thioether (sulfide) groups is 1. The van der Waals surface area contributed by atoms with E-state index in [9.17, 15) is 18.0 Å². The summed E-state index contributed by atoms with van der Waals surface area (Å²) in [6, 6.07) is 5.28. The lowest BCUT2D eigenvalue weighted by molar-refractivity contribution is -0.123. The molecule has 0 aliphatic carbocycles. The van der Waals surface area contributed by atoms with Crippen molar-refractivity contribution in [2.45, 2.75) is 24.3 Å². The van der Waals surface area contributed by atoms with Crippen molar-refractivity contribution in [2.75, 3.05) is 43.2 Å². The molecular formula is C20H27N5O5S3. The van der Waals surface area contributed by atoms with Gasteiger partial charge in [-0.15, -0.1) is 11.3 Å². The highest BCUT2D eigenvalue weighted by Crippen LogP contribution is 2.21. The van der Waals surface area contributed by atoms with Crippen LogP contribution in [0.1, 0.15) is 22.5 Å². The van der Waals surface area contributed by atoms with Crippen LogP contribution in [-0.4, -0.2) is 69.6 Å². The van der Waals surface area contributed by atoms with Gasteiger partial charge in [0.1, 0.15) is 11.7 Å². The topological polar surface area (TPSA) is 130 Å². The third-order valence-electron chi connectivity index (χ3n) is 4.86. The summed E-state index contributed by atoms with van der Waals surface area (Å²) in [6.45, 7) is 4.46. The molecule has 1 aromatic heterocycles. The Hall–Kier alpha value is -2.19. The minimum absolute atomic E-state index is 0.0669. The fourth-order valence-electron chi connectivity index (χ4n) is 2.99. The number of hydrogen-bond acceptors (Lipinski definition) is 9. The molecule has 3 N–H and O–H groups in total. The Morgan fingerprint density at radius 1 is 1.21 bits per heavy atom. The zero-order chi connectivity index (χ0) is 23.8. The van der Waals surface area contributed by atoms with Gasteiger partial charge in [0.05, 0.1) is 18.1 Å². The van der Waals surface area contributed by atoms with Crippen LogP contribution in [-0.2, 0) is 19.6 Å². The third-order valence-corrected chi connectivity index (χ3v) is 7.89. The van der Waals surface area contributed by atoms with Crippen molar-refractivity contribution in [3.8, 4) is 0 Å². The molecule has 10 nitrogen and oxygen atoms in total. The van der Waals surface area contributed by atoms with Crippen molar-refractivity contribution >= 4 is 50.1 Å². The van der Waals surface area contributed by atoms with Crippen LogP contribution in [0.25, 0.3) is 0 Å². The maximum Gasteiger partial charge on any atom is 0.289 e. The molecule has 1 aromatic carbocycles. The number of aryl methyl sites for hydroxylation is 1. The fraction of sp³-hybridized carbons (Fsp3) is 0.450. The largest absolute Gasteiger partial charge is 0.378 e. The second kappa shape index (κ2) is 11.8. The number of hydrogen-bond donors (Lipinski definition) is 3. The lowest BCUT2D eigenvalue weighted by atomic mass is 10.2. The van der Waals surface area contributed by atoms with Gasteiger partial charge in [-0.05, 0) is 37.5 Å². The van der Waals surface area contributed by atoms with E-state index in [-0.39, 0.29) is 17.0 Å². The molecule has 0 radical (unpaired) electrons. The maximum atomic E-state index is 12.7. The minimum atomic E-state index is -3.91. The van der Waals surface area contributed by atoms with E-state index >= 15 is 0 Å². The van der Waals surface area contributed by atoms with E-state index in [1.165, 1.54) is 35.2 Å². The minimum Gasteiger partial charge on any atom is -0.378 e. The van der Waals surface area contributed by atoms with Crippen LogP contribution in [0.15, 0.2) is 34.5 Å². The number of nitrogens with one attached hydrogen (secondary N) is 3. The number of nitrogens with zero attached hydrogens (tertiary/aromatic N) is 2. The van der Waals surface area contributed by atoms with Crippen LogP contribution in [0.3, 0.4) is 0 Å². The van der Waals surface area contributed by atoms with Gasteiger partial charge in [0.25, 0.3) is 11.8 Å². The molecular weight excluding hydrogens is 486 g/mol. The number of ether oxygens (including phenoxy) is 1. The van der Waals surface area contributed by atoms with Gasteiger partial charge < -0.3 is 9.64 Å². The van der Waals surface area contributed by atoms with Crippen LogP contribution >= 0.6 is 23.1 Å². The molecule has 2 heterocycles. The smallest absolute Gasteiger partial charge is 0.289 e. The second-order valence-corrected chi connectivity index (χ2v) is 10.9. The summed E-state index contributed by atoms with van der Waals surface area (Å²) in [5.41, 5.74) is 5.74. The fourth-order valence-corrected chi connectivity index (χ4v) is 5.55. The number of carbonyl (C=O) groups is 2. The molecule has 0 unspecified atom stereocenters. The quantitative estimate of drug-likeness (QED) is 0.426. The number of morpholine rings is 1. The van der Waals surface area contributed by atoms with Crippen LogP contribution < -0.4 is 20.5 Å². The molecule has 1 fully saturated rings. The molecule has 13 heteroatoms. The average Bonchev–Trinajstić information content (AvgIpc) is 3.31. The maximum absolute atomic E-state index is 12.7. The van der Waals surface area contributed by atoms with Crippen molar-refractivity contribution in [1.29, 1.82) is 0 Å². The van der Waals surface area contributed by atoms with Gasteiger partial charge in [-0.25, -0.2) is 13.4 Å². The van der Waals surface area contributed by atoms with Gasteiger partial charge in [-0.1, -0.05) is 17.7 Å². The highest BCUT2D eigenvalue weighted by Gasteiger charge is 2.26. The molecule has 33 heavy (non-hydrogen) atoms.